The first-order valence-corrected chi connectivity index (χ1v) is 8.21. The van der Waals surface area contributed by atoms with Crippen LogP contribution in [0.25, 0.3) is 5.69 Å². The summed E-state index contributed by atoms with van der Waals surface area (Å²) < 4.78 is 1.63. The van der Waals surface area contributed by atoms with E-state index in [1.54, 1.807) is 18.1 Å². The minimum absolute atomic E-state index is 0.135. The maximum atomic E-state index is 12.6. The predicted molar refractivity (Wildman–Crippen MR) is 99.9 cm³/mol. The fourth-order valence-electron chi connectivity index (χ4n) is 2.67. The first-order valence-electron chi connectivity index (χ1n) is 8.21. The molecule has 9 nitrogen and oxygen atoms in total. The quantitative estimate of drug-likeness (QED) is 0.512. The van der Waals surface area contributed by atoms with E-state index in [-0.39, 0.29) is 17.3 Å². The number of rotatable bonds is 6. The van der Waals surface area contributed by atoms with E-state index >= 15 is 0 Å². The molecule has 0 saturated carbocycles. The fraction of sp³-hybridized carbons (Fsp3) is 0.167. The Morgan fingerprint density at radius 3 is 2.56 bits per heavy atom. The third-order valence-electron chi connectivity index (χ3n) is 4.15. The largest absolute Gasteiger partial charge is 0.387 e. The van der Waals surface area contributed by atoms with Crippen molar-refractivity contribution in [2.24, 2.45) is 0 Å². The van der Waals surface area contributed by atoms with Crippen LogP contribution in [0.1, 0.15) is 28.9 Å². The molecular formula is C18H18N6O3. The number of benzene rings is 2. The van der Waals surface area contributed by atoms with Crippen LogP contribution in [0.4, 0.5) is 11.4 Å². The maximum absolute atomic E-state index is 12.6. The van der Waals surface area contributed by atoms with Crippen LogP contribution in [-0.4, -0.2) is 32.6 Å². The molecule has 27 heavy (non-hydrogen) atoms. The lowest BCUT2D eigenvalue weighted by molar-refractivity contribution is -0.384. The summed E-state index contributed by atoms with van der Waals surface area (Å²) in [6, 6.07) is 11.4. The summed E-state index contributed by atoms with van der Waals surface area (Å²) in [6.45, 7) is 1.85. The van der Waals surface area contributed by atoms with Gasteiger partial charge in [0.2, 0.25) is 0 Å². The van der Waals surface area contributed by atoms with Gasteiger partial charge < -0.3 is 10.6 Å². The lowest BCUT2D eigenvalue weighted by atomic mass is 10.1. The second kappa shape index (κ2) is 7.65. The van der Waals surface area contributed by atoms with Gasteiger partial charge in [-0.25, -0.2) is 9.67 Å². The van der Waals surface area contributed by atoms with Crippen molar-refractivity contribution >= 4 is 17.3 Å². The third kappa shape index (κ3) is 3.92. The minimum Gasteiger partial charge on any atom is -0.387 e. The summed E-state index contributed by atoms with van der Waals surface area (Å²) >= 11 is 0. The number of nitrogens with one attached hydrogen (secondary N) is 2. The second-order valence-electron chi connectivity index (χ2n) is 5.86. The molecule has 0 fully saturated rings. The van der Waals surface area contributed by atoms with Crippen LogP contribution < -0.4 is 10.6 Å². The van der Waals surface area contributed by atoms with Crippen LogP contribution in [-0.2, 0) is 0 Å². The highest BCUT2D eigenvalue weighted by atomic mass is 16.6. The summed E-state index contributed by atoms with van der Waals surface area (Å²) in [7, 11) is 1.66. The number of non-ortho nitro benzene ring substituents is 1. The molecule has 0 bridgehead atoms. The highest BCUT2D eigenvalue weighted by Gasteiger charge is 2.18. The molecule has 1 aromatic heterocycles. The van der Waals surface area contributed by atoms with Gasteiger partial charge in [0.05, 0.1) is 22.2 Å². The Bertz CT molecular complexity index is 954. The van der Waals surface area contributed by atoms with E-state index in [1.165, 1.54) is 24.5 Å². The van der Waals surface area contributed by atoms with Crippen molar-refractivity contribution in [2.75, 3.05) is 12.4 Å². The molecule has 0 spiro atoms. The second-order valence-corrected chi connectivity index (χ2v) is 5.86. The molecule has 2 N–H and O–H groups in total. The van der Waals surface area contributed by atoms with Gasteiger partial charge in [-0.1, -0.05) is 12.1 Å². The van der Waals surface area contributed by atoms with E-state index in [9.17, 15) is 14.9 Å². The molecular weight excluding hydrogens is 348 g/mol. The average Bonchev–Trinajstić information content (AvgIpc) is 3.22. The van der Waals surface area contributed by atoms with Crippen molar-refractivity contribution in [1.82, 2.24) is 20.1 Å². The van der Waals surface area contributed by atoms with Crippen LogP contribution in [0.5, 0.6) is 0 Å². The average molecular weight is 366 g/mol. The highest BCUT2D eigenvalue weighted by molar-refractivity contribution is 6.00. The Balaban J connectivity index is 1.77. The number of carbonyl (C=O) groups is 1. The van der Waals surface area contributed by atoms with Crippen molar-refractivity contribution in [3.05, 3.63) is 76.4 Å². The molecule has 2 aromatic carbocycles. The SMILES string of the molecule is CNc1ccc([N+](=O)[O-])cc1C(=O)NC(C)c1ccc(-n2cncn2)cc1. The molecule has 0 aliphatic carbocycles. The molecule has 9 heteroatoms. The van der Waals surface area contributed by atoms with Crippen LogP contribution in [0.3, 0.4) is 0 Å². The zero-order chi connectivity index (χ0) is 19.4. The molecule has 0 saturated heterocycles. The van der Waals surface area contributed by atoms with Gasteiger partial charge in [-0.15, -0.1) is 0 Å². The van der Waals surface area contributed by atoms with E-state index < -0.39 is 10.8 Å². The van der Waals surface area contributed by atoms with E-state index in [0.717, 1.165) is 11.3 Å². The molecule has 1 atom stereocenters. The van der Waals surface area contributed by atoms with Crippen LogP contribution in [0.2, 0.25) is 0 Å². The number of nitro benzene ring substituents is 1. The number of carbonyl (C=O) groups excluding carboxylic acids is 1. The molecule has 1 heterocycles. The summed E-state index contributed by atoms with van der Waals surface area (Å²) in [6.07, 6.45) is 3.05. The van der Waals surface area contributed by atoms with Crippen molar-refractivity contribution in [2.45, 2.75) is 13.0 Å². The smallest absolute Gasteiger partial charge is 0.270 e. The standard InChI is InChI=1S/C18H18N6O3/c1-12(13-3-5-14(6-4-13)23-11-20-10-21-23)22-18(25)16-9-15(24(26)27)7-8-17(16)19-2/h3-12,19H,1-2H3,(H,22,25). The number of hydrogen-bond donors (Lipinski definition) is 2. The van der Waals surface area contributed by atoms with Crippen LogP contribution in [0, 0.1) is 10.1 Å². The maximum Gasteiger partial charge on any atom is 0.270 e. The zero-order valence-corrected chi connectivity index (χ0v) is 14.8. The predicted octanol–water partition coefficient (Wildman–Crippen LogP) is 2.71. The number of anilines is 1. The Hall–Kier alpha value is -3.75. The first kappa shape index (κ1) is 18.1. The van der Waals surface area contributed by atoms with Gasteiger partial charge in [0, 0.05) is 24.9 Å². The van der Waals surface area contributed by atoms with Gasteiger partial charge in [-0.3, -0.25) is 14.9 Å². The lowest BCUT2D eigenvalue weighted by Gasteiger charge is -2.16. The summed E-state index contributed by atoms with van der Waals surface area (Å²) in [4.78, 5) is 27.0. The van der Waals surface area contributed by atoms with Crippen molar-refractivity contribution in [3.63, 3.8) is 0 Å². The summed E-state index contributed by atoms with van der Waals surface area (Å²) in [5.74, 6) is -0.393. The molecule has 3 aromatic rings. The molecule has 0 aliphatic heterocycles. The third-order valence-corrected chi connectivity index (χ3v) is 4.15. The van der Waals surface area contributed by atoms with E-state index in [4.69, 9.17) is 0 Å². The fourth-order valence-corrected chi connectivity index (χ4v) is 2.67. The number of nitrogens with zero attached hydrogens (tertiary/aromatic N) is 4. The summed E-state index contributed by atoms with van der Waals surface area (Å²) in [5.41, 5.74) is 2.35. The topological polar surface area (TPSA) is 115 Å². The number of hydrogen-bond acceptors (Lipinski definition) is 6. The molecule has 0 aliphatic rings. The Labute approximate surface area is 155 Å². The van der Waals surface area contributed by atoms with Crippen LogP contribution >= 0.6 is 0 Å². The van der Waals surface area contributed by atoms with Crippen LogP contribution in [0.15, 0.2) is 55.1 Å². The normalized spacial score (nSPS) is 11.6. The van der Waals surface area contributed by atoms with E-state index in [0.29, 0.717) is 5.69 Å². The van der Waals surface area contributed by atoms with E-state index in [1.807, 2.05) is 31.2 Å². The number of nitro groups is 1. The summed E-state index contributed by atoms with van der Waals surface area (Å²) in [5, 5.41) is 20.8. The first-order chi connectivity index (χ1) is 13.0. The Morgan fingerprint density at radius 2 is 1.96 bits per heavy atom. The molecule has 1 amide bonds. The Kier molecular flexibility index (Phi) is 5.11. The minimum atomic E-state index is -0.525. The van der Waals surface area contributed by atoms with Crippen molar-refractivity contribution in [3.8, 4) is 5.69 Å². The van der Waals surface area contributed by atoms with E-state index in [2.05, 4.69) is 20.7 Å². The number of amides is 1. The monoisotopic (exact) mass is 366 g/mol. The molecule has 1 unspecified atom stereocenters. The van der Waals surface area contributed by atoms with Gasteiger partial charge in [0.15, 0.2) is 0 Å². The van der Waals surface area contributed by atoms with Gasteiger partial charge >= 0.3 is 0 Å². The Morgan fingerprint density at radius 1 is 1.22 bits per heavy atom. The van der Waals surface area contributed by atoms with Gasteiger partial charge in [0.1, 0.15) is 12.7 Å². The van der Waals surface area contributed by atoms with Gasteiger partial charge in [-0.05, 0) is 30.7 Å². The van der Waals surface area contributed by atoms with Crippen molar-refractivity contribution < 1.29 is 9.72 Å². The van der Waals surface area contributed by atoms with Crippen molar-refractivity contribution in [1.29, 1.82) is 0 Å². The molecule has 3 rings (SSSR count). The zero-order valence-electron chi connectivity index (χ0n) is 14.8. The molecule has 138 valence electrons. The van der Waals surface area contributed by atoms with Gasteiger partial charge in [0.25, 0.3) is 11.6 Å². The number of aromatic nitrogens is 3. The highest BCUT2D eigenvalue weighted by Crippen LogP contribution is 2.23. The molecule has 0 radical (unpaired) electrons. The lowest BCUT2D eigenvalue weighted by Crippen LogP contribution is -2.27. The van der Waals surface area contributed by atoms with Gasteiger partial charge in [-0.2, -0.15) is 5.10 Å².